The molecule has 0 aliphatic carbocycles. The molecule has 1 fully saturated rings. The molecule has 0 radical (unpaired) electrons. The van der Waals surface area contributed by atoms with E-state index in [4.69, 9.17) is 0 Å². The van der Waals surface area contributed by atoms with E-state index < -0.39 is 0 Å². The Labute approximate surface area is 179 Å². The lowest BCUT2D eigenvalue weighted by molar-refractivity contribution is -0.117. The summed E-state index contributed by atoms with van der Waals surface area (Å²) in [6.45, 7) is 6.62. The number of anilines is 2. The Morgan fingerprint density at radius 3 is 2.40 bits per heavy atom. The van der Waals surface area contributed by atoms with E-state index in [1.54, 1.807) is 0 Å². The van der Waals surface area contributed by atoms with E-state index in [9.17, 15) is 9.59 Å². The third kappa shape index (κ3) is 5.41. The van der Waals surface area contributed by atoms with E-state index in [0.717, 1.165) is 43.6 Å². The number of hydrogen-bond acceptors (Lipinski definition) is 3. The molecule has 1 heterocycles. The third-order valence-corrected chi connectivity index (χ3v) is 5.67. The Hall–Kier alpha value is -2.82. The second kappa shape index (κ2) is 10.8. The predicted octanol–water partition coefficient (Wildman–Crippen LogP) is 4.95. The van der Waals surface area contributed by atoms with E-state index in [1.165, 1.54) is 6.42 Å². The molecule has 1 atom stereocenters. The minimum absolute atomic E-state index is 0.0469. The number of nitrogens with one attached hydrogen (secondary N) is 2. The quantitative estimate of drug-likeness (QED) is 0.651. The van der Waals surface area contributed by atoms with Gasteiger partial charge in [-0.25, -0.2) is 0 Å². The van der Waals surface area contributed by atoms with Gasteiger partial charge in [-0.2, -0.15) is 0 Å². The minimum Gasteiger partial charge on any atom is -0.371 e. The van der Waals surface area contributed by atoms with Gasteiger partial charge < -0.3 is 15.5 Å². The zero-order chi connectivity index (χ0) is 21.3. The average molecular weight is 408 g/mol. The highest BCUT2D eigenvalue weighted by Gasteiger charge is 2.22. The number of carbonyl (C=O) groups excluding carboxylic acids is 2. The first-order chi connectivity index (χ1) is 14.6. The smallest absolute Gasteiger partial charge is 0.253 e. The average Bonchev–Trinajstić information content (AvgIpc) is 2.79. The van der Waals surface area contributed by atoms with Crippen LogP contribution in [0.2, 0.25) is 0 Å². The number of rotatable bonds is 8. The van der Waals surface area contributed by atoms with Crippen LogP contribution in [-0.4, -0.2) is 31.4 Å². The SMILES string of the molecule is CCCNC(=O)c1cc(NC(=O)C(CC)c2ccccc2)ccc1N1CCCCC1. The molecular weight excluding hydrogens is 374 g/mol. The molecule has 2 aromatic carbocycles. The summed E-state index contributed by atoms with van der Waals surface area (Å²) >= 11 is 0. The normalized spacial score (nSPS) is 14.8. The van der Waals surface area contributed by atoms with Crippen LogP contribution >= 0.6 is 0 Å². The fraction of sp³-hybridized carbons (Fsp3) is 0.440. The van der Waals surface area contributed by atoms with Gasteiger partial charge in [0, 0.05) is 31.0 Å². The van der Waals surface area contributed by atoms with E-state index in [0.29, 0.717) is 24.2 Å². The van der Waals surface area contributed by atoms with Crippen LogP contribution in [-0.2, 0) is 4.79 Å². The second-order valence-corrected chi connectivity index (χ2v) is 7.90. The zero-order valence-electron chi connectivity index (χ0n) is 18.1. The van der Waals surface area contributed by atoms with Crippen LogP contribution < -0.4 is 15.5 Å². The molecule has 0 bridgehead atoms. The molecule has 0 saturated carbocycles. The Balaban J connectivity index is 1.84. The Kier molecular flexibility index (Phi) is 7.89. The number of amides is 2. The van der Waals surface area contributed by atoms with Crippen molar-refractivity contribution in [2.24, 2.45) is 0 Å². The van der Waals surface area contributed by atoms with Crippen LogP contribution in [0.25, 0.3) is 0 Å². The Morgan fingerprint density at radius 2 is 1.73 bits per heavy atom. The molecule has 5 nitrogen and oxygen atoms in total. The number of benzene rings is 2. The highest BCUT2D eigenvalue weighted by Crippen LogP contribution is 2.28. The molecule has 2 amide bonds. The maximum Gasteiger partial charge on any atom is 0.253 e. The van der Waals surface area contributed by atoms with Gasteiger partial charge in [-0.05, 0) is 55.9 Å². The lowest BCUT2D eigenvalue weighted by Crippen LogP contribution is -2.33. The molecule has 30 heavy (non-hydrogen) atoms. The first-order valence-corrected chi connectivity index (χ1v) is 11.2. The largest absolute Gasteiger partial charge is 0.371 e. The number of piperidine rings is 1. The van der Waals surface area contributed by atoms with Crippen LogP contribution in [0.1, 0.15) is 67.8 Å². The summed E-state index contributed by atoms with van der Waals surface area (Å²) < 4.78 is 0. The van der Waals surface area contributed by atoms with Crippen LogP contribution in [0.3, 0.4) is 0 Å². The van der Waals surface area contributed by atoms with Crippen molar-refractivity contribution in [1.29, 1.82) is 0 Å². The van der Waals surface area contributed by atoms with Crippen molar-refractivity contribution in [3.05, 3.63) is 59.7 Å². The highest BCUT2D eigenvalue weighted by atomic mass is 16.2. The standard InChI is InChI=1S/C25H33N3O2/c1-3-15-26-24(29)22-18-20(13-14-23(22)28-16-9-6-10-17-28)27-25(30)21(4-2)19-11-7-5-8-12-19/h5,7-8,11-14,18,21H,3-4,6,9-10,15-17H2,1-2H3,(H,26,29)(H,27,30). The van der Waals surface area contributed by atoms with Crippen LogP contribution in [0, 0.1) is 0 Å². The zero-order valence-corrected chi connectivity index (χ0v) is 18.1. The van der Waals surface area contributed by atoms with Gasteiger partial charge in [-0.1, -0.05) is 44.2 Å². The molecule has 1 aliphatic rings. The Morgan fingerprint density at radius 1 is 1.00 bits per heavy atom. The lowest BCUT2D eigenvalue weighted by atomic mass is 9.95. The van der Waals surface area contributed by atoms with Gasteiger partial charge in [-0.15, -0.1) is 0 Å². The summed E-state index contributed by atoms with van der Waals surface area (Å²) in [6, 6.07) is 15.5. The number of carbonyl (C=O) groups is 2. The van der Waals surface area contributed by atoms with E-state index in [1.807, 2.05) is 62.4 Å². The van der Waals surface area contributed by atoms with E-state index in [2.05, 4.69) is 15.5 Å². The lowest BCUT2D eigenvalue weighted by Gasteiger charge is -2.30. The second-order valence-electron chi connectivity index (χ2n) is 7.90. The molecule has 3 rings (SSSR count). The molecule has 1 saturated heterocycles. The monoisotopic (exact) mass is 407 g/mol. The molecule has 1 unspecified atom stereocenters. The van der Waals surface area contributed by atoms with Crippen molar-refractivity contribution >= 4 is 23.2 Å². The summed E-state index contributed by atoms with van der Waals surface area (Å²) in [5.41, 5.74) is 3.26. The summed E-state index contributed by atoms with van der Waals surface area (Å²) in [5, 5.41) is 6.03. The van der Waals surface area contributed by atoms with Gasteiger partial charge in [0.05, 0.1) is 11.5 Å². The minimum atomic E-state index is -0.217. The maximum absolute atomic E-state index is 13.0. The number of hydrogen-bond donors (Lipinski definition) is 2. The van der Waals surface area contributed by atoms with Gasteiger partial charge in [-0.3, -0.25) is 9.59 Å². The molecule has 1 aliphatic heterocycles. The fourth-order valence-electron chi connectivity index (χ4n) is 4.03. The van der Waals surface area contributed by atoms with Crippen molar-refractivity contribution in [2.75, 3.05) is 29.9 Å². The summed E-state index contributed by atoms with van der Waals surface area (Å²) in [4.78, 5) is 28.1. The van der Waals surface area contributed by atoms with Gasteiger partial charge in [0.2, 0.25) is 5.91 Å². The summed E-state index contributed by atoms with van der Waals surface area (Å²) in [5.74, 6) is -0.344. The maximum atomic E-state index is 13.0. The molecular formula is C25H33N3O2. The first kappa shape index (κ1) is 21.9. The summed E-state index contributed by atoms with van der Waals surface area (Å²) in [6.07, 6.45) is 5.12. The van der Waals surface area contributed by atoms with Crippen molar-refractivity contribution in [2.45, 2.75) is 51.9 Å². The van der Waals surface area contributed by atoms with Gasteiger partial charge in [0.15, 0.2) is 0 Å². The van der Waals surface area contributed by atoms with Crippen LogP contribution in [0.4, 0.5) is 11.4 Å². The number of nitrogens with zero attached hydrogens (tertiary/aromatic N) is 1. The van der Waals surface area contributed by atoms with E-state index in [-0.39, 0.29) is 17.7 Å². The van der Waals surface area contributed by atoms with Gasteiger partial charge in [0.25, 0.3) is 5.91 Å². The topological polar surface area (TPSA) is 61.4 Å². The molecule has 0 aromatic heterocycles. The molecule has 0 spiro atoms. The van der Waals surface area contributed by atoms with Crippen LogP contribution in [0.5, 0.6) is 0 Å². The van der Waals surface area contributed by atoms with Crippen LogP contribution in [0.15, 0.2) is 48.5 Å². The van der Waals surface area contributed by atoms with Crippen molar-refractivity contribution in [3.63, 3.8) is 0 Å². The van der Waals surface area contributed by atoms with E-state index >= 15 is 0 Å². The van der Waals surface area contributed by atoms with Gasteiger partial charge >= 0.3 is 0 Å². The molecule has 2 N–H and O–H groups in total. The van der Waals surface area contributed by atoms with Gasteiger partial charge in [0.1, 0.15) is 0 Å². The van der Waals surface area contributed by atoms with Crippen molar-refractivity contribution in [1.82, 2.24) is 5.32 Å². The highest BCUT2D eigenvalue weighted by molar-refractivity contribution is 6.02. The predicted molar refractivity (Wildman–Crippen MR) is 123 cm³/mol. The molecule has 5 heteroatoms. The Bertz CT molecular complexity index is 845. The fourth-order valence-corrected chi connectivity index (χ4v) is 4.03. The third-order valence-electron chi connectivity index (χ3n) is 5.67. The molecule has 160 valence electrons. The first-order valence-electron chi connectivity index (χ1n) is 11.2. The van der Waals surface area contributed by atoms with Crippen molar-refractivity contribution < 1.29 is 9.59 Å². The van der Waals surface area contributed by atoms with Crippen molar-refractivity contribution in [3.8, 4) is 0 Å². The molecule has 2 aromatic rings. The summed E-state index contributed by atoms with van der Waals surface area (Å²) in [7, 11) is 0.